The fourth-order valence-corrected chi connectivity index (χ4v) is 2.42. The Morgan fingerprint density at radius 2 is 2.00 bits per heavy atom. The van der Waals surface area contributed by atoms with Crippen LogP contribution in [0.25, 0.3) is 16.3 Å². The first-order chi connectivity index (χ1) is 9.26. The van der Waals surface area contributed by atoms with E-state index in [0.29, 0.717) is 0 Å². The van der Waals surface area contributed by atoms with Gasteiger partial charge in [0.05, 0.1) is 6.20 Å². The average molecular weight is 271 g/mol. The molecule has 5 nitrogen and oxygen atoms in total. The molecule has 0 radical (unpaired) electrons. The molecule has 0 fully saturated rings. The fourth-order valence-electron chi connectivity index (χ4n) is 1.73. The van der Waals surface area contributed by atoms with Crippen LogP contribution in [0, 0.1) is 0 Å². The first kappa shape index (κ1) is 11.9. The van der Waals surface area contributed by atoms with Crippen LogP contribution in [0.5, 0.6) is 0 Å². The number of aromatic nitrogens is 4. The van der Waals surface area contributed by atoms with E-state index in [1.54, 1.807) is 4.68 Å². The van der Waals surface area contributed by atoms with Gasteiger partial charge in [-0.05, 0) is 17.7 Å². The Kier molecular flexibility index (Phi) is 3.00. The van der Waals surface area contributed by atoms with Gasteiger partial charge in [-0.25, -0.2) is 9.67 Å². The second-order valence-electron chi connectivity index (χ2n) is 4.14. The Labute approximate surface area is 114 Å². The van der Waals surface area contributed by atoms with Gasteiger partial charge in [-0.2, -0.15) is 9.47 Å². The van der Waals surface area contributed by atoms with Crippen LogP contribution < -0.4 is 5.73 Å². The van der Waals surface area contributed by atoms with Crippen LogP contribution >= 0.6 is 11.5 Å². The van der Waals surface area contributed by atoms with Gasteiger partial charge >= 0.3 is 0 Å². The van der Waals surface area contributed by atoms with Gasteiger partial charge in [0.25, 0.3) is 0 Å². The molecule has 0 unspecified atom stereocenters. The van der Waals surface area contributed by atoms with E-state index in [9.17, 15) is 0 Å². The summed E-state index contributed by atoms with van der Waals surface area (Å²) in [5.41, 5.74) is 8.56. The monoisotopic (exact) mass is 271 g/mol. The van der Waals surface area contributed by atoms with Gasteiger partial charge in [-0.15, -0.1) is 0 Å². The summed E-state index contributed by atoms with van der Waals surface area (Å²) in [4.78, 5) is 4.41. The molecule has 0 aliphatic heterocycles. The Morgan fingerprint density at radius 3 is 2.68 bits per heavy atom. The van der Waals surface area contributed by atoms with Gasteiger partial charge in [0.1, 0.15) is 5.82 Å². The van der Waals surface area contributed by atoms with Gasteiger partial charge < -0.3 is 5.73 Å². The second kappa shape index (κ2) is 4.81. The number of rotatable bonds is 3. The third-order valence-electron chi connectivity index (χ3n) is 2.80. The lowest BCUT2D eigenvalue weighted by Gasteiger charge is -1.97. The van der Waals surface area contributed by atoms with Crippen LogP contribution in [0.4, 0.5) is 5.69 Å². The van der Waals surface area contributed by atoms with E-state index in [1.165, 1.54) is 11.5 Å². The summed E-state index contributed by atoms with van der Waals surface area (Å²) in [5, 5.41) is 5.12. The molecule has 2 aromatic heterocycles. The predicted octanol–water partition coefficient (Wildman–Crippen LogP) is 2.54. The van der Waals surface area contributed by atoms with E-state index < -0.39 is 0 Å². The molecule has 96 valence electrons. The average Bonchev–Trinajstić information content (AvgIpc) is 3.08. The Morgan fingerprint density at radius 1 is 1.21 bits per heavy atom. The summed E-state index contributed by atoms with van der Waals surface area (Å²) >= 11 is 1.36. The van der Waals surface area contributed by atoms with Crippen LogP contribution in [0.1, 0.15) is 12.7 Å². The van der Waals surface area contributed by atoms with Gasteiger partial charge in [0.15, 0.2) is 0 Å². The van der Waals surface area contributed by atoms with E-state index in [1.807, 2.05) is 43.6 Å². The zero-order valence-electron chi connectivity index (χ0n) is 10.4. The maximum Gasteiger partial charge on any atom is 0.230 e. The molecular weight excluding hydrogens is 258 g/mol. The van der Waals surface area contributed by atoms with Crippen LogP contribution in [-0.4, -0.2) is 19.1 Å². The highest BCUT2D eigenvalue weighted by atomic mass is 32.1. The van der Waals surface area contributed by atoms with E-state index in [4.69, 9.17) is 5.73 Å². The Bertz CT molecular complexity index is 683. The number of anilines is 1. The first-order valence-corrected chi connectivity index (χ1v) is 6.77. The zero-order valence-corrected chi connectivity index (χ0v) is 11.3. The molecule has 0 bridgehead atoms. The van der Waals surface area contributed by atoms with Crippen molar-refractivity contribution in [3.8, 4) is 16.3 Å². The quantitative estimate of drug-likeness (QED) is 0.743. The lowest BCUT2D eigenvalue weighted by molar-refractivity contribution is 0.854. The molecule has 1 aromatic carbocycles. The number of nitrogen functional groups attached to an aromatic ring is 1. The molecular formula is C13H13N5S. The smallest absolute Gasteiger partial charge is 0.230 e. The Balaban J connectivity index is 1.92. The SMILES string of the molecule is CCc1nsc(-n2cc(-c3ccc(N)cc3)cn2)n1. The van der Waals surface area contributed by atoms with Crippen molar-refractivity contribution in [2.24, 2.45) is 0 Å². The molecule has 2 N–H and O–H groups in total. The topological polar surface area (TPSA) is 69.6 Å². The van der Waals surface area contributed by atoms with Crippen molar-refractivity contribution in [3.05, 3.63) is 42.5 Å². The molecule has 6 heteroatoms. The largest absolute Gasteiger partial charge is 0.399 e. The molecule has 0 amide bonds. The second-order valence-corrected chi connectivity index (χ2v) is 4.87. The molecule has 0 aliphatic rings. The van der Waals surface area contributed by atoms with E-state index >= 15 is 0 Å². The summed E-state index contributed by atoms with van der Waals surface area (Å²) < 4.78 is 6.01. The maximum atomic E-state index is 5.68. The molecule has 0 atom stereocenters. The summed E-state index contributed by atoms with van der Waals surface area (Å²) in [7, 11) is 0. The summed E-state index contributed by atoms with van der Waals surface area (Å²) in [6.07, 6.45) is 4.60. The van der Waals surface area contributed by atoms with Crippen LogP contribution in [0.3, 0.4) is 0 Å². The molecule has 0 spiro atoms. The van der Waals surface area contributed by atoms with Crippen LogP contribution in [-0.2, 0) is 6.42 Å². The van der Waals surface area contributed by atoms with Crippen molar-refractivity contribution in [2.75, 3.05) is 5.73 Å². The molecule has 3 rings (SSSR count). The number of hydrogen-bond donors (Lipinski definition) is 1. The molecule has 0 saturated heterocycles. The van der Waals surface area contributed by atoms with Gasteiger partial charge in [0, 0.05) is 35.4 Å². The number of nitrogens with zero attached hydrogens (tertiary/aromatic N) is 4. The van der Waals surface area contributed by atoms with Crippen molar-refractivity contribution < 1.29 is 0 Å². The number of hydrogen-bond acceptors (Lipinski definition) is 5. The normalized spacial score (nSPS) is 10.8. The molecule has 19 heavy (non-hydrogen) atoms. The lowest BCUT2D eigenvalue weighted by atomic mass is 10.1. The third-order valence-corrected chi connectivity index (χ3v) is 3.54. The molecule has 0 aliphatic carbocycles. The standard InChI is InChI=1S/C13H13N5S/c1-2-12-16-13(19-17-12)18-8-10(7-15-18)9-3-5-11(14)6-4-9/h3-8H,2,14H2,1H3. The zero-order chi connectivity index (χ0) is 13.2. The highest BCUT2D eigenvalue weighted by Gasteiger charge is 2.07. The molecule has 2 heterocycles. The van der Waals surface area contributed by atoms with Crippen molar-refractivity contribution in [3.63, 3.8) is 0 Å². The van der Waals surface area contributed by atoms with Crippen LogP contribution in [0.2, 0.25) is 0 Å². The molecule has 0 saturated carbocycles. The van der Waals surface area contributed by atoms with Crippen molar-refractivity contribution in [1.82, 2.24) is 19.1 Å². The van der Waals surface area contributed by atoms with E-state index in [-0.39, 0.29) is 0 Å². The van der Waals surface area contributed by atoms with Crippen molar-refractivity contribution in [2.45, 2.75) is 13.3 Å². The van der Waals surface area contributed by atoms with Gasteiger partial charge in [0.2, 0.25) is 5.13 Å². The Hall–Kier alpha value is -2.21. The lowest BCUT2D eigenvalue weighted by Crippen LogP contribution is -1.93. The highest BCUT2D eigenvalue weighted by molar-refractivity contribution is 7.08. The fraction of sp³-hybridized carbons (Fsp3) is 0.154. The number of benzene rings is 1. The minimum atomic E-state index is 0.757. The summed E-state index contributed by atoms with van der Waals surface area (Å²) in [6, 6.07) is 7.72. The highest BCUT2D eigenvalue weighted by Crippen LogP contribution is 2.21. The molecule has 3 aromatic rings. The van der Waals surface area contributed by atoms with Crippen LogP contribution in [0.15, 0.2) is 36.7 Å². The van der Waals surface area contributed by atoms with E-state index in [0.717, 1.165) is 34.2 Å². The van der Waals surface area contributed by atoms with Crippen molar-refractivity contribution in [1.29, 1.82) is 0 Å². The van der Waals surface area contributed by atoms with Gasteiger partial charge in [-0.1, -0.05) is 19.1 Å². The summed E-state index contributed by atoms with van der Waals surface area (Å²) in [6.45, 7) is 2.04. The summed E-state index contributed by atoms with van der Waals surface area (Å²) in [5.74, 6) is 0.851. The predicted molar refractivity (Wildman–Crippen MR) is 76.3 cm³/mol. The first-order valence-electron chi connectivity index (χ1n) is 6.00. The van der Waals surface area contributed by atoms with Crippen molar-refractivity contribution >= 4 is 17.2 Å². The maximum absolute atomic E-state index is 5.68. The third kappa shape index (κ3) is 2.34. The van der Waals surface area contributed by atoms with E-state index in [2.05, 4.69) is 14.5 Å². The number of nitrogens with two attached hydrogens (primary N) is 1. The minimum Gasteiger partial charge on any atom is -0.399 e. The van der Waals surface area contributed by atoms with Gasteiger partial charge in [-0.3, -0.25) is 0 Å². The number of aryl methyl sites for hydroxylation is 1. The minimum absolute atomic E-state index is 0.757.